The Hall–Kier alpha value is -1.48. The van der Waals surface area contributed by atoms with Gasteiger partial charge in [-0.05, 0) is 18.2 Å². The number of sulfonamides is 1. The van der Waals surface area contributed by atoms with E-state index in [2.05, 4.69) is 0 Å². The van der Waals surface area contributed by atoms with Crippen molar-refractivity contribution in [3.05, 3.63) is 29.6 Å². The first-order valence-electron chi connectivity index (χ1n) is 6.15. The van der Waals surface area contributed by atoms with Gasteiger partial charge in [-0.1, -0.05) is 20.8 Å². The predicted molar refractivity (Wildman–Crippen MR) is 71.4 cm³/mol. The van der Waals surface area contributed by atoms with Gasteiger partial charge in [0.1, 0.15) is 12.4 Å². The van der Waals surface area contributed by atoms with Gasteiger partial charge in [-0.15, -0.1) is 0 Å². The van der Waals surface area contributed by atoms with Crippen LogP contribution in [-0.4, -0.2) is 26.9 Å². The summed E-state index contributed by atoms with van der Waals surface area (Å²) in [6.45, 7) is 2.78. The quantitative estimate of drug-likeness (QED) is 0.677. The van der Waals surface area contributed by atoms with E-state index in [9.17, 15) is 30.8 Å². The lowest BCUT2D eigenvalue weighted by Crippen LogP contribution is -2.34. The second-order valence-corrected chi connectivity index (χ2v) is 7.43. The van der Waals surface area contributed by atoms with Crippen molar-refractivity contribution in [3.8, 4) is 0 Å². The molecule has 124 valence electrons. The Labute approximate surface area is 125 Å². The van der Waals surface area contributed by atoms with Gasteiger partial charge in [0.05, 0.1) is 10.5 Å². The molecule has 0 unspecified atom stereocenters. The number of hydrogen-bond acceptors (Lipinski definition) is 3. The first-order chi connectivity index (χ1) is 9.74. The Balaban J connectivity index is 3.21. The molecule has 0 aliphatic carbocycles. The molecule has 22 heavy (non-hydrogen) atoms. The van der Waals surface area contributed by atoms with Crippen LogP contribution in [0.25, 0.3) is 0 Å². The third-order valence-corrected chi connectivity index (χ3v) is 4.04. The third-order valence-electron chi connectivity index (χ3n) is 2.64. The molecule has 9 heteroatoms. The summed E-state index contributed by atoms with van der Waals surface area (Å²) < 4.78 is 74.9. The molecule has 0 saturated carbocycles. The Morgan fingerprint density at radius 1 is 1.18 bits per heavy atom. The first-order valence-corrected chi connectivity index (χ1v) is 7.63. The maximum atomic E-state index is 13.7. The molecule has 0 bridgehead atoms. The molecule has 0 fully saturated rings. The summed E-state index contributed by atoms with van der Waals surface area (Å²) in [7, 11) is -4.50. The minimum atomic E-state index is -4.73. The second kappa shape index (κ2) is 5.96. The third kappa shape index (κ3) is 4.77. The van der Waals surface area contributed by atoms with E-state index in [0.717, 1.165) is 18.2 Å². The summed E-state index contributed by atoms with van der Waals surface area (Å²) in [5.41, 5.74) is -1.45. The number of benzene rings is 1. The second-order valence-electron chi connectivity index (χ2n) is 5.66. The zero-order chi connectivity index (χ0) is 17.3. The topological polar surface area (TPSA) is 63.2 Å². The number of carbonyl (C=O) groups excluding carboxylic acids is 1. The van der Waals surface area contributed by atoms with Crippen molar-refractivity contribution >= 4 is 15.8 Å². The van der Waals surface area contributed by atoms with E-state index in [1.54, 1.807) is 0 Å². The Bertz CT molecular complexity index is 676. The summed E-state index contributed by atoms with van der Waals surface area (Å²) >= 11 is 0. The zero-order valence-electron chi connectivity index (χ0n) is 12.1. The zero-order valence-corrected chi connectivity index (χ0v) is 12.9. The van der Waals surface area contributed by atoms with Gasteiger partial charge >= 0.3 is 6.18 Å². The number of carbonyl (C=O) groups is 1. The van der Waals surface area contributed by atoms with E-state index >= 15 is 0 Å². The summed E-state index contributed by atoms with van der Waals surface area (Å²) in [4.78, 5) is 11.4. The molecule has 0 heterocycles. The van der Waals surface area contributed by atoms with Crippen molar-refractivity contribution in [3.63, 3.8) is 0 Å². The van der Waals surface area contributed by atoms with Crippen molar-refractivity contribution in [2.24, 2.45) is 5.41 Å². The molecule has 0 aliphatic rings. The molecule has 1 aromatic carbocycles. The molecule has 0 spiro atoms. The lowest BCUT2D eigenvalue weighted by molar-refractivity contribution is -0.121. The Morgan fingerprint density at radius 3 is 2.18 bits per heavy atom. The van der Waals surface area contributed by atoms with Gasteiger partial charge in [0.2, 0.25) is 10.0 Å². The number of Topliss-reactive ketones (excluding diaryl/α,β-unsaturated/α-hetero) is 1. The highest BCUT2D eigenvalue weighted by molar-refractivity contribution is 7.89. The number of nitrogens with one attached hydrogen (secondary N) is 1. The van der Waals surface area contributed by atoms with Crippen LogP contribution in [0.2, 0.25) is 0 Å². The van der Waals surface area contributed by atoms with Crippen LogP contribution in [0.15, 0.2) is 23.1 Å². The number of ketones is 1. The predicted octanol–water partition coefficient (Wildman–Crippen LogP) is 2.90. The van der Waals surface area contributed by atoms with Crippen molar-refractivity contribution < 1.29 is 30.8 Å². The van der Waals surface area contributed by atoms with Gasteiger partial charge in [-0.3, -0.25) is 4.79 Å². The van der Waals surface area contributed by atoms with Crippen LogP contribution in [-0.2, 0) is 10.0 Å². The van der Waals surface area contributed by atoms with E-state index < -0.39 is 50.2 Å². The van der Waals surface area contributed by atoms with E-state index in [1.165, 1.54) is 25.5 Å². The van der Waals surface area contributed by atoms with Gasteiger partial charge in [0, 0.05) is 5.41 Å². The van der Waals surface area contributed by atoms with Gasteiger partial charge in [-0.2, -0.15) is 13.2 Å². The lowest BCUT2D eigenvalue weighted by Gasteiger charge is -2.17. The van der Waals surface area contributed by atoms with Crippen LogP contribution < -0.4 is 4.72 Å². The van der Waals surface area contributed by atoms with Gasteiger partial charge < -0.3 is 0 Å². The maximum absolute atomic E-state index is 13.7. The minimum absolute atomic E-state index is 0.484. The highest BCUT2D eigenvalue weighted by Gasteiger charge is 2.31. The molecule has 0 amide bonds. The summed E-state index contributed by atoms with van der Waals surface area (Å²) in [5, 5.41) is 0. The van der Waals surface area contributed by atoms with Crippen LogP contribution in [0.3, 0.4) is 0 Å². The molecule has 0 atom stereocenters. The minimum Gasteiger partial charge on any atom is -0.293 e. The molecule has 1 N–H and O–H groups in total. The maximum Gasteiger partial charge on any atom is 0.402 e. The monoisotopic (exact) mass is 341 g/mol. The van der Waals surface area contributed by atoms with Crippen molar-refractivity contribution in [2.75, 3.05) is 6.54 Å². The van der Waals surface area contributed by atoms with Gasteiger partial charge in [0.15, 0.2) is 5.78 Å². The molecular weight excluding hydrogens is 326 g/mol. The fraction of sp³-hybridized carbons (Fsp3) is 0.462. The summed E-state index contributed by atoms with van der Waals surface area (Å²) in [6.07, 6.45) is -4.73. The van der Waals surface area contributed by atoms with Crippen LogP contribution >= 0.6 is 0 Å². The lowest BCUT2D eigenvalue weighted by atomic mass is 9.86. The largest absolute Gasteiger partial charge is 0.402 e. The summed E-state index contributed by atoms with van der Waals surface area (Å²) in [6, 6.07) is 2.27. The average Bonchev–Trinajstić information content (AvgIpc) is 2.34. The Morgan fingerprint density at radius 2 is 1.73 bits per heavy atom. The van der Waals surface area contributed by atoms with Crippen molar-refractivity contribution in [1.82, 2.24) is 4.72 Å². The van der Waals surface area contributed by atoms with Crippen molar-refractivity contribution in [2.45, 2.75) is 31.8 Å². The molecule has 4 nitrogen and oxygen atoms in total. The fourth-order valence-corrected chi connectivity index (χ4v) is 2.55. The van der Waals surface area contributed by atoms with E-state index in [1.807, 2.05) is 0 Å². The van der Waals surface area contributed by atoms with E-state index in [4.69, 9.17) is 0 Å². The number of halogens is 4. The van der Waals surface area contributed by atoms with Gasteiger partial charge in [0.25, 0.3) is 0 Å². The van der Waals surface area contributed by atoms with Crippen LogP contribution in [0, 0.1) is 11.2 Å². The number of alkyl halides is 3. The fourth-order valence-electron chi connectivity index (χ4n) is 1.51. The molecule has 1 aromatic rings. The SMILES string of the molecule is CC(C)(C)C(=O)c1cc(S(=O)(=O)NCC(F)(F)F)ccc1F. The molecule has 0 radical (unpaired) electrons. The van der Waals surface area contributed by atoms with Gasteiger partial charge in [-0.25, -0.2) is 17.5 Å². The first kappa shape index (κ1) is 18.6. The number of rotatable bonds is 4. The van der Waals surface area contributed by atoms with E-state index in [0.29, 0.717) is 0 Å². The Kier molecular flexibility index (Phi) is 5.03. The van der Waals surface area contributed by atoms with Crippen molar-refractivity contribution in [1.29, 1.82) is 0 Å². The highest BCUT2D eigenvalue weighted by Crippen LogP contribution is 2.25. The van der Waals surface area contributed by atoms with Crippen LogP contribution in [0.4, 0.5) is 17.6 Å². The van der Waals surface area contributed by atoms with Crippen LogP contribution in [0.5, 0.6) is 0 Å². The van der Waals surface area contributed by atoms with E-state index in [-0.39, 0.29) is 0 Å². The molecule has 0 saturated heterocycles. The smallest absolute Gasteiger partial charge is 0.293 e. The molecular formula is C13H15F4NO3S. The average molecular weight is 341 g/mol. The standard InChI is InChI=1S/C13H15F4NO3S/c1-12(2,3)11(19)9-6-8(4-5-10(9)14)22(20,21)18-7-13(15,16)17/h4-6,18H,7H2,1-3H3. The van der Waals surface area contributed by atoms with Crippen LogP contribution in [0.1, 0.15) is 31.1 Å². The number of hydrogen-bond donors (Lipinski definition) is 1. The summed E-state index contributed by atoms with van der Waals surface area (Å²) in [5.74, 6) is -1.59. The molecule has 1 rings (SSSR count). The molecule has 0 aromatic heterocycles. The molecule has 0 aliphatic heterocycles. The normalized spacial score (nSPS) is 13.2. The highest BCUT2D eigenvalue weighted by atomic mass is 32.2.